The molecule has 1 atom stereocenters. The highest BCUT2D eigenvalue weighted by Gasteiger charge is 2.38. The Morgan fingerprint density at radius 1 is 1.00 bits per heavy atom. The molecule has 0 nitrogen and oxygen atoms in total. The molecule has 0 aliphatic heterocycles. The molecule has 0 heteroatoms. The smallest absolute Gasteiger partial charge is 0.0134 e. The number of rotatable bonds is 2. The van der Waals surface area contributed by atoms with Crippen molar-refractivity contribution in [2.24, 2.45) is 10.8 Å². The molecule has 1 aromatic rings. The fourth-order valence-electron chi connectivity index (χ4n) is 2.01. The third-order valence-electron chi connectivity index (χ3n) is 4.56. The minimum Gasteiger partial charge on any atom is -0.0617 e. The highest BCUT2D eigenvalue weighted by molar-refractivity contribution is 5.26. The highest BCUT2D eigenvalue weighted by atomic mass is 14.4. The van der Waals surface area contributed by atoms with Crippen LogP contribution in [0.3, 0.4) is 0 Å². The van der Waals surface area contributed by atoms with E-state index in [4.69, 9.17) is 0 Å². The van der Waals surface area contributed by atoms with Crippen molar-refractivity contribution in [2.45, 2.75) is 54.4 Å². The Hall–Kier alpha value is -0.780. The van der Waals surface area contributed by atoms with E-state index in [0.29, 0.717) is 16.7 Å². The third kappa shape index (κ3) is 2.48. The van der Waals surface area contributed by atoms with Crippen molar-refractivity contribution in [3.8, 4) is 0 Å². The van der Waals surface area contributed by atoms with Gasteiger partial charge in [0.1, 0.15) is 0 Å². The van der Waals surface area contributed by atoms with Crippen molar-refractivity contribution >= 4 is 0 Å². The van der Waals surface area contributed by atoms with Crippen LogP contribution in [0.15, 0.2) is 24.3 Å². The summed E-state index contributed by atoms with van der Waals surface area (Å²) >= 11 is 0. The summed E-state index contributed by atoms with van der Waals surface area (Å²) in [5.41, 5.74) is 3.42. The van der Waals surface area contributed by atoms with E-state index in [2.05, 4.69) is 72.7 Å². The summed E-state index contributed by atoms with van der Waals surface area (Å²) in [4.78, 5) is 0. The quantitative estimate of drug-likeness (QED) is 0.642. The van der Waals surface area contributed by atoms with Crippen molar-refractivity contribution in [1.29, 1.82) is 0 Å². The highest BCUT2D eigenvalue weighted by Crippen LogP contribution is 2.48. The zero-order chi connectivity index (χ0) is 12.6. The van der Waals surface area contributed by atoms with Gasteiger partial charge in [-0.25, -0.2) is 0 Å². The second-order valence-electron chi connectivity index (χ2n) is 6.61. The first-order chi connectivity index (χ1) is 7.16. The van der Waals surface area contributed by atoms with Gasteiger partial charge < -0.3 is 0 Å². The maximum absolute atomic E-state index is 2.38. The average molecular weight is 218 g/mol. The minimum atomic E-state index is 0.292. The predicted molar refractivity (Wildman–Crippen MR) is 72.8 cm³/mol. The van der Waals surface area contributed by atoms with Gasteiger partial charge in [0, 0.05) is 0 Å². The van der Waals surface area contributed by atoms with Gasteiger partial charge in [-0.15, -0.1) is 0 Å². The number of hydrogen-bond acceptors (Lipinski definition) is 0. The summed E-state index contributed by atoms with van der Waals surface area (Å²) in [6.45, 7) is 16.3. The van der Waals surface area contributed by atoms with Gasteiger partial charge in [-0.3, -0.25) is 0 Å². The summed E-state index contributed by atoms with van der Waals surface area (Å²) in [6, 6.07) is 8.91. The van der Waals surface area contributed by atoms with Crippen LogP contribution in [-0.4, -0.2) is 0 Å². The van der Waals surface area contributed by atoms with E-state index in [1.165, 1.54) is 11.1 Å². The molecule has 0 N–H and O–H groups in total. The topological polar surface area (TPSA) is 0 Å². The molecule has 0 amide bonds. The van der Waals surface area contributed by atoms with Crippen LogP contribution in [0, 0.1) is 17.8 Å². The van der Waals surface area contributed by atoms with Gasteiger partial charge in [0.25, 0.3) is 0 Å². The van der Waals surface area contributed by atoms with Crippen molar-refractivity contribution in [3.63, 3.8) is 0 Å². The van der Waals surface area contributed by atoms with Crippen molar-refractivity contribution in [2.75, 3.05) is 0 Å². The molecule has 0 bridgehead atoms. The van der Waals surface area contributed by atoms with Crippen LogP contribution < -0.4 is 0 Å². The SMILES string of the molecule is Cc1cccc(C(C)C(C)(C)C(C)(C)C)c1. The van der Waals surface area contributed by atoms with Crippen molar-refractivity contribution in [1.82, 2.24) is 0 Å². The standard InChI is InChI=1S/C16H26/c1-12-9-8-10-14(11-12)13(2)16(6,7)15(3,4)5/h8-11,13H,1-7H3. The molecule has 1 unspecified atom stereocenters. The average Bonchev–Trinajstić information content (AvgIpc) is 2.14. The molecule has 0 saturated carbocycles. The van der Waals surface area contributed by atoms with Gasteiger partial charge in [-0.1, -0.05) is 71.4 Å². The summed E-state index contributed by atoms with van der Waals surface area (Å²) in [6.07, 6.45) is 0. The van der Waals surface area contributed by atoms with Crippen molar-refractivity contribution < 1.29 is 0 Å². The monoisotopic (exact) mass is 218 g/mol. The lowest BCUT2D eigenvalue weighted by molar-refractivity contribution is 0.101. The lowest BCUT2D eigenvalue weighted by Crippen LogP contribution is -2.34. The Morgan fingerprint density at radius 2 is 1.56 bits per heavy atom. The molecule has 0 fully saturated rings. The molecule has 0 aromatic heterocycles. The summed E-state index contributed by atoms with van der Waals surface area (Å²) < 4.78 is 0. The molecule has 0 aliphatic rings. The molecular weight excluding hydrogens is 192 g/mol. The predicted octanol–water partition coefficient (Wildman–Crippen LogP) is 5.17. The Labute approximate surface area is 101 Å². The molecule has 1 rings (SSSR count). The Balaban J connectivity index is 3.07. The third-order valence-corrected chi connectivity index (χ3v) is 4.56. The Morgan fingerprint density at radius 3 is 2.00 bits per heavy atom. The fourth-order valence-corrected chi connectivity index (χ4v) is 2.01. The van der Waals surface area contributed by atoms with E-state index >= 15 is 0 Å². The van der Waals surface area contributed by atoms with Gasteiger partial charge in [-0.05, 0) is 29.2 Å². The second kappa shape index (κ2) is 4.24. The van der Waals surface area contributed by atoms with Crippen LogP contribution in [0.2, 0.25) is 0 Å². The van der Waals surface area contributed by atoms with E-state index in [1.54, 1.807) is 0 Å². The Kier molecular flexibility index (Phi) is 3.52. The molecule has 90 valence electrons. The first-order valence-corrected chi connectivity index (χ1v) is 6.23. The minimum absolute atomic E-state index is 0.292. The van der Waals surface area contributed by atoms with E-state index < -0.39 is 0 Å². The number of aryl methyl sites for hydroxylation is 1. The molecule has 16 heavy (non-hydrogen) atoms. The molecule has 0 saturated heterocycles. The van der Waals surface area contributed by atoms with E-state index in [1.807, 2.05) is 0 Å². The largest absolute Gasteiger partial charge is 0.0617 e. The molecule has 0 aliphatic carbocycles. The van der Waals surface area contributed by atoms with Crippen molar-refractivity contribution in [3.05, 3.63) is 35.4 Å². The molecular formula is C16H26. The first-order valence-electron chi connectivity index (χ1n) is 6.23. The van der Waals surface area contributed by atoms with E-state index in [-0.39, 0.29) is 0 Å². The van der Waals surface area contributed by atoms with Gasteiger partial charge in [0.05, 0.1) is 0 Å². The second-order valence-corrected chi connectivity index (χ2v) is 6.61. The molecule has 0 radical (unpaired) electrons. The summed E-state index contributed by atoms with van der Waals surface area (Å²) in [5.74, 6) is 0.576. The first kappa shape index (κ1) is 13.3. The zero-order valence-corrected chi connectivity index (χ0v) is 11.9. The van der Waals surface area contributed by atoms with Gasteiger partial charge in [0.2, 0.25) is 0 Å². The van der Waals surface area contributed by atoms with E-state index in [0.717, 1.165) is 0 Å². The van der Waals surface area contributed by atoms with Gasteiger partial charge >= 0.3 is 0 Å². The molecule has 0 heterocycles. The lowest BCUT2D eigenvalue weighted by Gasteiger charge is -2.44. The number of benzene rings is 1. The van der Waals surface area contributed by atoms with Crippen LogP contribution in [-0.2, 0) is 0 Å². The van der Waals surface area contributed by atoms with E-state index in [9.17, 15) is 0 Å². The van der Waals surface area contributed by atoms with Gasteiger partial charge in [0.15, 0.2) is 0 Å². The lowest BCUT2D eigenvalue weighted by atomic mass is 9.61. The summed E-state index contributed by atoms with van der Waals surface area (Å²) in [5, 5.41) is 0. The Bertz CT molecular complexity index is 353. The van der Waals surface area contributed by atoms with Crippen LogP contribution in [0.4, 0.5) is 0 Å². The fraction of sp³-hybridized carbons (Fsp3) is 0.625. The van der Waals surface area contributed by atoms with Crippen LogP contribution >= 0.6 is 0 Å². The van der Waals surface area contributed by atoms with Crippen LogP contribution in [0.25, 0.3) is 0 Å². The number of hydrogen-bond donors (Lipinski definition) is 0. The van der Waals surface area contributed by atoms with Crippen LogP contribution in [0.1, 0.15) is 58.6 Å². The molecule has 1 aromatic carbocycles. The maximum atomic E-state index is 2.38. The maximum Gasteiger partial charge on any atom is -0.0134 e. The van der Waals surface area contributed by atoms with Gasteiger partial charge in [-0.2, -0.15) is 0 Å². The normalized spacial score (nSPS) is 14.9. The molecule has 0 spiro atoms. The zero-order valence-electron chi connectivity index (χ0n) is 11.9. The summed E-state index contributed by atoms with van der Waals surface area (Å²) in [7, 11) is 0. The van der Waals surface area contributed by atoms with Crippen LogP contribution in [0.5, 0.6) is 0 Å².